The number of aromatic nitrogens is 4. The third-order valence-electron chi connectivity index (χ3n) is 3.42. The van der Waals surface area contributed by atoms with E-state index in [4.69, 9.17) is 0 Å². The summed E-state index contributed by atoms with van der Waals surface area (Å²) < 4.78 is 1.78. The molecule has 0 amide bonds. The van der Waals surface area contributed by atoms with Crippen LogP contribution in [0.15, 0.2) is 36.5 Å². The lowest BCUT2D eigenvalue weighted by Gasteiger charge is -2.06. The normalized spacial score (nSPS) is 10.5. The van der Waals surface area contributed by atoms with Crippen LogP contribution in [0.2, 0.25) is 0 Å². The molecular formula is C16H20ClN5. The number of nitrogens with one attached hydrogen (secondary N) is 1. The molecule has 0 radical (unpaired) electrons. The van der Waals surface area contributed by atoms with Gasteiger partial charge in [0.05, 0.1) is 6.20 Å². The Morgan fingerprint density at radius 1 is 1.14 bits per heavy atom. The van der Waals surface area contributed by atoms with Gasteiger partial charge in [0, 0.05) is 25.5 Å². The summed E-state index contributed by atoms with van der Waals surface area (Å²) in [6, 6.07) is 10.4. The molecule has 0 bridgehead atoms. The van der Waals surface area contributed by atoms with E-state index in [1.807, 2.05) is 19.3 Å². The Morgan fingerprint density at radius 2 is 1.91 bits per heavy atom. The van der Waals surface area contributed by atoms with E-state index in [2.05, 4.69) is 51.6 Å². The molecule has 22 heavy (non-hydrogen) atoms. The first-order valence-electron chi connectivity index (χ1n) is 7.27. The summed E-state index contributed by atoms with van der Waals surface area (Å²) in [5, 5.41) is 7.51. The lowest BCUT2D eigenvalue weighted by Crippen LogP contribution is -2.08. The maximum absolute atomic E-state index is 4.68. The maximum atomic E-state index is 4.68. The molecule has 0 unspecified atom stereocenters. The Kier molecular flexibility index (Phi) is 5.33. The molecule has 0 saturated heterocycles. The fourth-order valence-electron chi connectivity index (χ4n) is 2.40. The van der Waals surface area contributed by atoms with Gasteiger partial charge in [-0.2, -0.15) is 14.6 Å². The second-order valence-electron chi connectivity index (χ2n) is 5.03. The standard InChI is InChI=1S/C16H19N5.ClH/c1-3-7-14-19-15-13(10-12-8-5-4-6-9-12)11-18-21(15)16(17-2)20-14;/h4-6,8-9,11H,3,7,10H2,1-2H3,(H,17,19,20);1H. The highest BCUT2D eigenvalue weighted by Gasteiger charge is 2.12. The quantitative estimate of drug-likeness (QED) is 0.785. The summed E-state index contributed by atoms with van der Waals surface area (Å²) in [6.45, 7) is 2.13. The van der Waals surface area contributed by atoms with Crippen molar-refractivity contribution >= 4 is 24.0 Å². The molecule has 0 fully saturated rings. The SMILES string of the molecule is CCCc1nc(NC)n2ncc(Cc3ccccc3)c2n1.Cl. The molecule has 3 rings (SSSR count). The third-order valence-corrected chi connectivity index (χ3v) is 3.42. The zero-order valence-corrected chi connectivity index (χ0v) is 13.6. The van der Waals surface area contributed by atoms with Crippen molar-refractivity contribution < 1.29 is 0 Å². The van der Waals surface area contributed by atoms with Crippen molar-refractivity contribution in [3.8, 4) is 0 Å². The van der Waals surface area contributed by atoms with Gasteiger partial charge in [-0.1, -0.05) is 37.3 Å². The summed E-state index contributed by atoms with van der Waals surface area (Å²) in [5.41, 5.74) is 3.27. The van der Waals surface area contributed by atoms with E-state index in [1.165, 1.54) is 5.56 Å². The second kappa shape index (κ2) is 7.22. The fraction of sp³-hybridized carbons (Fsp3) is 0.312. The van der Waals surface area contributed by atoms with Crippen LogP contribution in [-0.4, -0.2) is 26.6 Å². The fourth-order valence-corrected chi connectivity index (χ4v) is 2.40. The number of fused-ring (bicyclic) bond motifs is 1. The molecule has 116 valence electrons. The number of nitrogens with zero attached hydrogens (tertiary/aromatic N) is 4. The van der Waals surface area contributed by atoms with Crippen LogP contribution in [0.4, 0.5) is 5.95 Å². The van der Waals surface area contributed by atoms with E-state index in [1.54, 1.807) is 4.52 Å². The summed E-state index contributed by atoms with van der Waals surface area (Å²) in [5.74, 6) is 1.60. The van der Waals surface area contributed by atoms with Crippen LogP contribution >= 0.6 is 12.4 Å². The summed E-state index contributed by atoms with van der Waals surface area (Å²) in [7, 11) is 1.86. The van der Waals surface area contributed by atoms with Gasteiger partial charge in [0.2, 0.25) is 5.95 Å². The van der Waals surface area contributed by atoms with E-state index in [0.29, 0.717) is 0 Å². The molecule has 6 heteroatoms. The van der Waals surface area contributed by atoms with Crippen LogP contribution in [0.3, 0.4) is 0 Å². The van der Waals surface area contributed by atoms with Crippen molar-refractivity contribution in [2.45, 2.75) is 26.2 Å². The largest absolute Gasteiger partial charge is 0.357 e. The van der Waals surface area contributed by atoms with Gasteiger partial charge in [-0.25, -0.2) is 4.98 Å². The Hall–Kier alpha value is -2.14. The molecule has 1 N–H and O–H groups in total. The number of halogens is 1. The van der Waals surface area contributed by atoms with Gasteiger partial charge in [-0.15, -0.1) is 12.4 Å². The van der Waals surface area contributed by atoms with E-state index in [9.17, 15) is 0 Å². The van der Waals surface area contributed by atoms with Gasteiger partial charge in [0.1, 0.15) is 5.82 Å². The Bertz CT molecular complexity index is 739. The highest BCUT2D eigenvalue weighted by Crippen LogP contribution is 2.17. The Labute approximate surface area is 136 Å². The van der Waals surface area contributed by atoms with Crippen molar-refractivity contribution in [2.24, 2.45) is 0 Å². The predicted molar refractivity (Wildman–Crippen MR) is 90.8 cm³/mol. The van der Waals surface area contributed by atoms with E-state index in [-0.39, 0.29) is 12.4 Å². The lowest BCUT2D eigenvalue weighted by atomic mass is 10.1. The first-order valence-corrected chi connectivity index (χ1v) is 7.27. The van der Waals surface area contributed by atoms with Gasteiger partial charge >= 0.3 is 0 Å². The molecular weight excluding hydrogens is 298 g/mol. The van der Waals surface area contributed by atoms with Crippen LogP contribution in [0.5, 0.6) is 0 Å². The number of anilines is 1. The molecule has 0 aliphatic rings. The minimum absolute atomic E-state index is 0. The van der Waals surface area contributed by atoms with Gasteiger partial charge in [0.25, 0.3) is 0 Å². The highest BCUT2D eigenvalue weighted by atomic mass is 35.5. The van der Waals surface area contributed by atoms with Crippen LogP contribution in [0, 0.1) is 0 Å². The van der Waals surface area contributed by atoms with Gasteiger partial charge in [-0.05, 0) is 12.0 Å². The topological polar surface area (TPSA) is 55.1 Å². The highest BCUT2D eigenvalue weighted by molar-refractivity contribution is 5.85. The molecule has 5 nitrogen and oxygen atoms in total. The second-order valence-corrected chi connectivity index (χ2v) is 5.03. The monoisotopic (exact) mass is 317 g/mol. The van der Waals surface area contributed by atoms with Crippen LogP contribution in [0.1, 0.15) is 30.3 Å². The number of aryl methyl sites for hydroxylation is 1. The number of benzene rings is 1. The van der Waals surface area contributed by atoms with Crippen molar-refractivity contribution in [2.75, 3.05) is 12.4 Å². The molecule has 0 aliphatic carbocycles. The average Bonchev–Trinajstić information content (AvgIpc) is 2.91. The van der Waals surface area contributed by atoms with Crippen LogP contribution < -0.4 is 5.32 Å². The third kappa shape index (κ3) is 3.20. The van der Waals surface area contributed by atoms with Gasteiger partial charge in [-0.3, -0.25) is 0 Å². The first kappa shape index (κ1) is 16.2. The minimum atomic E-state index is 0. The number of hydrogen-bond acceptors (Lipinski definition) is 4. The minimum Gasteiger partial charge on any atom is -0.357 e. The molecule has 2 aromatic heterocycles. The average molecular weight is 318 g/mol. The zero-order chi connectivity index (χ0) is 14.7. The number of rotatable bonds is 5. The van der Waals surface area contributed by atoms with E-state index in [0.717, 1.165) is 42.2 Å². The van der Waals surface area contributed by atoms with Crippen molar-refractivity contribution in [1.29, 1.82) is 0 Å². The molecule has 3 aromatic rings. The lowest BCUT2D eigenvalue weighted by molar-refractivity contribution is 0.800. The van der Waals surface area contributed by atoms with Crippen LogP contribution in [-0.2, 0) is 12.8 Å². The molecule has 0 atom stereocenters. The van der Waals surface area contributed by atoms with Crippen molar-refractivity contribution in [3.63, 3.8) is 0 Å². The summed E-state index contributed by atoms with van der Waals surface area (Å²) in [6.07, 6.45) is 4.62. The molecule has 1 aromatic carbocycles. The van der Waals surface area contributed by atoms with Gasteiger partial charge < -0.3 is 5.32 Å². The molecule has 2 heterocycles. The molecule has 0 spiro atoms. The van der Waals surface area contributed by atoms with Crippen LogP contribution in [0.25, 0.3) is 5.65 Å². The molecule has 0 saturated carbocycles. The van der Waals surface area contributed by atoms with Crippen molar-refractivity contribution in [3.05, 3.63) is 53.5 Å². The summed E-state index contributed by atoms with van der Waals surface area (Å²) in [4.78, 5) is 9.19. The maximum Gasteiger partial charge on any atom is 0.227 e. The smallest absolute Gasteiger partial charge is 0.227 e. The molecule has 0 aliphatic heterocycles. The Balaban J connectivity index is 0.00000176. The zero-order valence-electron chi connectivity index (χ0n) is 12.8. The number of hydrogen-bond donors (Lipinski definition) is 1. The van der Waals surface area contributed by atoms with E-state index < -0.39 is 0 Å². The van der Waals surface area contributed by atoms with Crippen molar-refractivity contribution in [1.82, 2.24) is 19.6 Å². The first-order chi connectivity index (χ1) is 10.3. The van der Waals surface area contributed by atoms with Gasteiger partial charge in [0.15, 0.2) is 5.65 Å². The predicted octanol–water partition coefficient (Wildman–Crippen LogP) is 3.13. The van der Waals surface area contributed by atoms with E-state index >= 15 is 0 Å². The summed E-state index contributed by atoms with van der Waals surface area (Å²) >= 11 is 0. The Morgan fingerprint density at radius 3 is 2.59 bits per heavy atom.